The van der Waals surface area contributed by atoms with Crippen LogP contribution in [-0.2, 0) is 4.74 Å². The van der Waals surface area contributed by atoms with Gasteiger partial charge in [0.25, 0.3) is 0 Å². The van der Waals surface area contributed by atoms with E-state index in [1.807, 2.05) is 19.1 Å². The van der Waals surface area contributed by atoms with Crippen molar-refractivity contribution in [1.29, 1.82) is 0 Å². The minimum absolute atomic E-state index is 0.0455. The van der Waals surface area contributed by atoms with Crippen LogP contribution in [0.1, 0.15) is 26.7 Å². The molecule has 0 saturated carbocycles. The van der Waals surface area contributed by atoms with E-state index in [9.17, 15) is 5.11 Å². The molecule has 1 N–H and O–H groups in total. The van der Waals surface area contributed by atoms with Crippen LogP contribution in [0.15, 0.2) is 36.1 Å². The summed E-state index contributed by atoms with van der Waals surface area (Å²) < 4.78 is 5.60. The number of allylic oxidation sites excluding steroid dienone is 5. The van der Waals surface area contributed by atoms with Gasteiger partial charge in [-0.05, 0) is 32.3 Å². The fourth-order valence-electron chi connectivity index (χ4n) is 1.56. The molecule has 0 amide bonds. The molecule has 2 nitrogen and oxygen atoms in total. The highest BCUT2D eigenvalue weighted by molar-refractivity contribution is 5.25. The van der Waals surface area contributed by atoms with Crippen molar-refractivity contribution in [2.75, 3.05) is 0 Å². The summed E-state index contributed by atoms with van der Waals surface area (Å²) in [5.41, 5.74) is 1.20. The number of rotatable bonds is 3. The first-order chi connectivity index (χ1) is 6.65. The van der Waals surface area contributed by atoms with Gasteiger partial charge in [-0.2, -0.15) is 0 Å². The third kappa shape index (κ3) is 2.74. The van der Waals surface area contributed by atoms with Crippen LogP contribution in [0.4, 0.5) is 0 Å². The second kappa shape index (κ2) is 5.01. The smallest absolute Gasteiger partial charge is 0.124 e. The molecule has 0 bridgehead atoms. The lowest BCUT2D eigenvalue weighted by Gasteiger charge is -2.27. The van der Waals surface area contributed by atoms with Crippen LogP contribution in [-0.4, -0.2) is 17.3 Å². The molecule has 0 aliphatic carbocycles. The highest BCUT2D eigenvalue weighted by Gasteiger charge is 2.22. The van der Waals surface area contributed by atoms with Crippen LogP contribution in [0.3, 0.4) is 0 Å². The zero-order chi connectivity index (χ0) is 10.6. The number of aliphatic hydroxyl groups is 1. The van der Waals surface area contributed by atoms with Gasteiger partial charge in [-0.15, -0.1) is 0 Å². The molecule has 0 fully saturated rings. The minimum Gasteiger partial charge on any atom is -0.492 e. The third-order valence-corrected chi connectivity index (χ3v) is 2.45. The summed E-state index contributed by atoms with van der Waals surface area (Å²) in [7, 11) is 0. The number of ether oxygens (including phenoxy) is 1. The number of hydrogen-bond acceptors (Lipinski definition) is 2. The highest BCUT2D eigenvalue weighted by atomic mass is 16.5. The van der Waals surface area contributed by atoms with E-state index >= 15 is 0 Å². The van der Waals surface area contributed by atoms with Gasteiger partial charge in [0.15, 0.2) is 0 Å². The fraction of sp³-hybridized carbons (Fsp3) is 0.500. The summed E-state index contributed by atoms with van der Waals surface area (Å²) >= 11 is 0. The van der Waals surface area contributed by atoms with Crippen molar-refractivity contribution in [3.8, 4) is 0 Å². The van der Waals surface area contributed by atoms with Crippen molar-refractivity contribution in [3.05, 3.63) is 36.1 Å². The molecule has 1 heterocycles. The zero-order valence-electron chi connectivity index (χ0n) is 8.86. The predicted octanol–water partition coefficient (Wildman–Crippen LogP) is 2.56. The van der Waals surface area contributed by atoms with Crippen molar-refractivity contribution in [2.24, 2.45) is 0 Å². The molecule has 2 unspecified atom stereocenters. The van der Waals surface area contributed by atoms with E-state index in [4.69, 9.17) is 4.74 Å². The van der Waals surface area contributed by atoms with Crippen LogP contribution in [0.2, 0.25) is 0 Å². The Balaban J connectivity index is 2.67. The zero-order valence-corrected chi connectivity index (χ0v) is 8.86. The van der Waals surface area contributed by atoms with Gasteiger partial charge in [-0.25, -0.2) is 0 Å². The second-order valence-electron chi connectivity index (χ2n) is 3.61. The quantitative estimate of drug-likeness (QED) is 0.700. The van der Waals surface area contributed by atoms with E-state index in [2.05, 4.69) is 6.58 Å². The van der Waals surface area contributed by atoms with Crippen LogP contribution in [0, 0.1) is 0 Å². The molecule has 1 rings (SSSR count). The van der Waals surface area contributed by atoms with Gasteiger partial charge in [-0.3, -0.25) is 0 Å². The molecule has 2 atom stereocenters. The van der Waals surface area contributed by atoms with Gasteiger partial charge in [0.05, 0.1) is 11.9 Å². The molecule has 78 valence electrons. The van der Waals surface area contributed by atoms with Crippen molar-refractivity contribution in [2.45, 2.75) is 38.9 Å². The van der Waals surface area contributed by atoms with Gasteiger partial charge < -0.3 is 9.84 Å². The lowest BCUT2D eigenvalue weighted by molar-refractivity contribution is -0.00690. The Morgan fingerprint density at radius 2 is 2.36 bits per heavy atom. The SMILES string of the molecule is C=CC=CC1=C(C)OC(C(C)O)CC1. The van der Waals surface area contributed by atoms with Gasteiger partial charge >= 0.3 is 0 Å². The largest absolute Gasteiger partial charge is 0.492 e. The summed E-state index contributed by atoms with van der Waals surface area (Å²) in [5.74, 6) is 0.917. The van der Waals surface area contributed by atoms with E-state index in [1.54, 1.807) is 13.0 Å². The van der Waals surface area contributed by atoms with Gasteiger partial charge in [-0.1, -0.05) is 24.8 Å². The maximum Gasteiger partial charge on any atom is 0.124 e. The average Bonchev–Trinajstić information content (AvgIpc) is 2.15. The maximum absolute atomic E-state index is 9.38. The van der Waals surface area contributed by atoms with Gasteiger partial charge in [0.2, 0.25) is 0 Å². The molecule has 0 aromatic carbocycles. The molecular formula is C12H18O2. The standard InChI is InChI=1S/C12H18O2/c1-4-5-6-11-7-8-12(9(2)13)14-10(11)3/h4-6,9,12-13H,1,7-8H2,2-3H3. The Morgan fingerprint density at radius 3 is 2.86 bits per heavy atom. The lowest BCUT2D eigenvalue weighted by atomic mass is 10.00. The summed E-state index contributed by atoms with van der Waals surface area (Å²) in [6, 6.07) is 0. The van der Waals surface area contributed by atoms with E-state index in [0.29, 0.717) is 0 Å². The summed E-state index contributed by atoms with van der Waals surface area (Å²) in [4.78, 5) is 0. The molecule has 0 aromatic heterocycles. The van der Waals surface area contributed by atoms with E-state index in [-0.39, 0.29) is 6.10 Å². The van der Waals surface area contributed by atoms with E-state index < -0.39 is 6.10 Å². The fourth-order valence-corrected chi connectivity index (χ4v) is 1.56. The van der Waals surface area contributed by atoms with E-state index in [0.717, 1.165) is 18.6 Å². The first kappa shape index (κ1) is 11.1. The Bertz CT molecular complexity index is 261. The number of aliphatic hydroxyl groups excluding tert-OH is 1. The average molecular weight is 194 g/mol. The molecule has 0 aromatic rings. The molecule has 1 aliphatic rings. The second-order valence-corrected chi connectivity index (χ2v) is 3.61. The Kier molecular flexibility index (Phi) is 3.96. The highest BCUT2D eigenvalue weighted by Crippen LogP contribution is 2.25. The summed E-state index contributed by atoms with van der Waals surface area (Å²) in [6.07, 6.45) is 7.08. The molecule has 0 radical (unpaired) electrons. The molecule has 14 heavy (non-hydrogen) atoms. The van der Waals surface area contributed by atoms with Crippen molar-refractivity contribution >= 4 is 0 Å². The summed E-state index contributed by atoms with van der Waals surface area (Å²) in [5, 5.41) is 9.38. The lowest BCUT2D eigenvalue weighted by Crippen LogP contribution is -2.28. The molecule has 1 aliphatic heterocycles. The van der Waals surface area contributed by atoms with E-state index in [1.165, 1.54) is 5.57 Å². The van der Waals surface area contributed by atoms with Gasteiger partial charge in [0.1, 0.15) is 6.10 Å². The monoisotopic (exact) mass is 194 g/mol. The topological polar surface area (TPSA) is 29.5 Å². The maximum atomic E-state index is 9.38. The Labute approximate surface area is 85.6 Å². The Hall–Kier alpha value is -1.02. The first-order valence-electron chi connectivity index (χ1n) is 4.98. The van der Waals surface area contributed by atoms with Crippen molar-refractivity contribution in [1.82, 2.24) is 0 Å². The number of hydrogen-bond donors (Lipinski definition) is 1. The normalized spacial score (nSPS) is 24.9. The summed E-state index contributed by atoms with van der Waals surface area (Å²) in [6.45, 7) is 7.33. The molecule has 2 heteroatoms. The first-order valence-corrected chi connectivity index (χ1v) is 4.98. The minimum atomic E-state index is -0.394. The van der Waals surface area contributed by atoms with Crippen LogP contribution in [0.5, 0.6) is 0 Å². The molecular weight excluding hydrogens is 176 g/mol. The van der Waals surface area contributed by atoms with Crippen molar-refractivity contribution in [3.63, 3.8) is 0 Å². The third-order valence-electron chi connectivity index (χ3n) is 2.45. The molecule has 0 saturated heterocycles. The predicted molar refractivity (Wildman–Crippen MR) is 57.8 cm³/mol. The van der Waals surface area contributed by atoms with Crippen LogP contribution in [0.25, 0.3) is 0 Å². The Morgan fingerprint density at radius 1 is 1.64 bits per heavy atom. The van der Waals surface area contributed by atoms with Crippen molar-refractivity contribution < 1.29 is 9.84 Å². The van der Waals surface area contributed by atoms with Crippen LogP contribution >= 0.6 is 0 Å². The van der Waals surface area contributed by atoms with Gasteiger partial charge in [0, 0.05) is 0 Å². The van der Waals surface area contributed by atoms with Crippen LogP contribution < -0.4 is 0 Å². The molecule has 0 spiro atoms.